The molecule has 0 saturated heterocycles. The molecule has 5 nitrogen and oxygen atoms in total. The maximum Gasteiger partial charge on any atom is 0.338 e. The Kier molecular flexibility index (Phi) is 3.56. The van der Waals surface area contributed by atoms with Gasteiger partial charge in [0.1, 0.15) is 0 Å². The van der Waals surface area contributed by atoms with E-state index in [1.165, 1.54) is 10.9 Å². The molecule has 1 rings (SSSR count). The van der Waals surface area contributed by atoms with Gasteiger partial charge in [-0.25, -0.2) is 14.5 Å². The summed E-state index contributed by atoms with van der Waals surface area (Å²) in [6.07, 6.45) is 6.33. The monoisotopic (exact) mass is 205 g/mol. The van der Waals surface area contributed by atoms with Crippen molar-refractivity contribution in [3.63, 3.8) is 0 Å². The molecule has 0 fully saturated rings. The number of nitrogens with zero attached hydrogens (tertiary/aromatic N) is 3. The second-order valence-electron chi connectivity index (χ2n) is 2.67. The van der Waals surface area contributed by atoms with Crippen molar-refractivity contribution in [1.29, 1.82) is 0 Å². The van der Waals surface area contributed by atoms with E-state index in [1.54, 1.807) is 31.5 Å². The highest BCUT2D eigenvalue weighted by molar-refractivity contribution is 6.18. The summed E-state index contributed by atoms with van der Waals surface area (Å²) in [4.78, 5) is 14.7. The first kappa shape index (κ1) is 10.9. The van der Waals surface area contributed by atoms with E-state index in [4.69, 9.17) is 5.11 Å². The number of aliphatic carboxylic acids is 1. The maximum atomic E-state index is 10.8. The van der Waals surface area contributed by atoms with Crippen molar-refractivity contribution in [2.45, 2.75) is 6.92 Å². The van der Waals surface area contributed by atoms with Gasteiger partial charge in [-0.05, 0) is 13.0 Å². The van der Waals surface area contributed by atoms with E-state index in [2.05, 4.69) is 16.7 Å². The summed E-state index contributed by atoms with van der Waals surface area (Å²) >= 11 is 0. The van der Waals surface area contributed by atoms with Crippen molar-refractivity contribution >= 4 is 11.8 Å². The lowest BCUT2D eigenvalue weighted by Crippen LogP contribution is -2.19. The van der Waals surface area contributed by atoms with Crippen molar-refractivity contribution < 1.29 is 9.90 Å². The third-order valence-corrected chi connectivity index (χ3v) is 1.60. The standard InChI is InChI=1S/C10H11N3O2/c1-3-5-11-9(8(2)10(14)15)13-7-4-6-12-13/h3-7H,2H2,1H3,(H,14,15)/b5-3-,11-9?. The first-order valence-corrected chi connectivity index (χ1v) is 4.28. The van der Waals surface area contributed by atoms with Crippen LogP contribution in [0.5, 0.6) is 0 Å². The van der Waals surface area contributed by atoms with Crippen LogP contribution in [0.25, 0.3) is 0 Å². The fourth-order valence-electron chi connectivity index (χ4n) is 0.910. The Morgan fingerprint density at radius 1 is 1.67 bits per heavy atom. The molecular weight excluding hydrogens is 194 g/mol. The lowest BCUT2D eigenvalue weighted by Gasteiger charge is -2.04. The zero-order chi connectivity index (χ0) is 11.3. The molecule has 0 saturated carbocycles. The third kappa shape index (κ3) is 2.63. The summed E-state index contributed by atoms with van der Waals surface area (Å²) in [5.41, 5.74) is -0.100. The Morgan fingerprint density at radius 2 is 2.40 bits per heavy atom. The molecule has 0 radical (unpaired) electrons. The average Bonchev–Trinajstić information content (AvgIpc) is 2.71. The quantitative estimate of drug-likeness (QED) is 0.459. The fraction of sp³-hybridized carbons (Fsp3) is 0.100. The number of carboxylic acid groups (broad SMARTS) is 1. The van der Waals surface area contributed by atoms with E-state index >= 15 is 0 Å². The van der Waals surface area contributed by atoms with Crippen LogP contribution in [0.15, 0.2) is 47.9 Å². The van der Waals surface area contributed by atoms with Crippen LogP contribution in [-0.2, 0) is 4.79 Å². The van der Waals surface area contributed by atoms with Gasteiger partial charge in [-0.1, -0.05) is 12.7 Å². The fourth-order valence-corrected chi connectivity index (χ4v) is 0.910. The number of hydrogen-bond donors (Lipinski definition) is 1. The van der Waals surface area contributed by atoms with E-state index in [1.807, 2.05) is 0 Å². The molecule has 1 N–H and O–H groups in total. The van der Waals surface area contributed by atoms with Gasteiger partial charge in [0, 0.05) is 18.6 Å². The summed E-state index contributed by atoms with van der Waals surface area (Å²) in [6, 6.07) is 1.68. The Morgan fingerprint density at radius 3 is 2.87 bits per heavy atom. The van der Waals surface area contributed by atoms with Gasteiger partial charge in [-0.2, -0.15) is 5.10 Å². The number of aromatic nitrogens is 2. The predicted octanol–water partition coefficient (Wildman–Crippen LogP) is 1.30. The molecule has 0 amide bonds. The lowest BCUT2D eigenvalue weighted by molar-refractivity contribution is -0.132. The van der Waals surface area contributed by atoms with Crippen molar-refractivity contribution in [3.05, 3.63) is 42.9 Å². The molecule has 0 aliphatic rings. The van der Waals surface area contributed by atoms with Crippen LogP contribution >= 0.6 is 0 Å². The number of allylic oxidation sites excluding steroid dienone is 1. The van der Waals surface area contributed by atoms with Crippen molar-refractivity contribution in [2.75, 3.05) is 0 Å². The number of rotatable bonds is 3. The molecule has 0 aliphatic heterocycles. The van der Waals surface area contributed by atoms with E-state index in [0.717, 1.165) is 0 Å². The van der Waals surface area contributed by atoms with Crippen LogP contribution in [0.3, 0.4) is 0 Å². The second-order valence-corrected chi connectivity index (χ2v) is 2.67. The maximum absolute atomic E-state index is 10.8. The molecule has 0 spiro atoms. The first-order valence-electron chi connectivity index (χ1n) is 4.28. The molecular formula is C10H11N3O2. The van der Waals surface area contributed by atoms with Crippen LogP contribution < -0.4 is 0 Å². The molecule has 0 bridgehead atoms. The largest absolute Gasteiger partial charge is 0.478 e. The Hall–Kier alpha value is -2.17. The van der Waals surface area contributed by atoms with Crippen molar-refractivity contribution in [3.8, 4) is 0 Å². The van der Waals surface area contributed by atoms with Gasteiger partial charge >= 0.3 is 5.97 Å². The first-order chi connectivity index (χ1) is 7.16. The zero-order valence-corrected chi connectivity index (χ0v) is 8.29. The Balaban J connectivity index is 3.10. The summed E-state index contributed by atoms with van der Waals surface area (Å²) in [5.74, 6) is -0.917. The molecule has 1 heterocycles. The van der Waals surface area contributed by atoms with Crippen LogP contribution in [0.2, 0.25) is 0 Å². The van der Waals surface area contributed by atoms with Crippen LogP contribution in [-0.4, -0.2) is 26.7 Å². The van der Waals surface area contributed by atoms with E-state index < -0.39 is 5.97 Å². The van der Waals surface area contributed by atoms with Crippen LogP contribution in [0.1, 0.15) is 6.92 Å². The molecule has 0 atom stereocenters. The summed E-state index contributed by atoms with van der Waals surface area (Å²) in [7, 11) is 0. The second kappa shape index (κ2) is 4.90. The highest BCUT2D eigenvalue weighted by Gasteiger charge is 2.13. The lowest BCUT2D eigenvalue weighted by atomic mass is 10.3. The van der Waals surface area contributed by atoms with Gasteiger partial charge in [-0.15, -0.1) is 0 Å². The van der Waals surface area contributed by atoms with Gasteiger partial charge in [0.05, 0.1) is 5.57 Å². The average molecular weight is 205 g/mol. The smallest absolute Gasteiger partial charge is 0.338 e. The minimum Gasteiger partial charge on any atom is -0.478 e. The molecule has 1 aromatic heterocycles. The minimum atomic E-state index is -1.12. The molecule has 1 aromatic rings. The predicted molar refractivity (Wildman–Crippen MR) is 56.6 cm³/mol. The van der Waals surface area contributed by atoms with Crippen LogP contribution in [0, 0.1) is 0 Å². The van der Waals surface area contributed by atoms with Gasteiger partial charge in [0.15, 0.2) is 5.84 Å². The van der Waals surface area contributed by atoms with Gasteiger partial charge in [0.25, 0.3) is 0 Å². The van der Waals surface area contributed by atoms with E-state index in [-0.39, 0.29) is 11.4 Å². The number of aliphatic imine (C=N–C) groups is 1. The topological polar surface area (TPSA) is 67.5 Å². The highest BCUT2D eigenvalue weighted by Crippen LogP contribution is 2.00. The normalized spacial score (nSPS) is 11.9. The molecule has 78 valence electrons. The summed E-state index contributed by atoms with van der Waals surface area (Å²) < 4.78 is 1.36. The minimum absolute atomic E-state index is 0.100. The highest BCUT2D eigenvalue weighted by atomic mass is 16.4. The van der Waals surface area contributed by atoms with Crippen molar-refractivity contribution in [2.24, 2.45) is 4.99 Å². The Bertz CT molecular complexity index is 416. The molecule has 0 unspecified atom stereocenters. The SMILES string of the molecule is C=C(C(=O)O)C(=N/C=C\C)n1cccn1. The summed E-state index contributed by atoms with van der Waals surface area (Å²) in [6.45, 7) is 5.22. The van der Waals surface area contributed by atoms with Gasteiger partial charge in [0.2, 0.25) is 0 Å². The number of hydrogen-bond acceptors (Lipinski definition) is 3. The molecule has 0 aromatic carbocycles. The molecule has 0 aliphatic carbocycles. The summed E-state index contributed by atoms with van der Waals surface area (Å²) in [5, 5.41) is 12.7. The molecule has 15 heavy (non-hydrogen) atoms. The number of carboxylic acids is 1. The zero-order valence-electron chi connectivity index (χ0n) is 8.29. The van der Waals surface area contributed by atoms with Gasteiger partial charge in [-0.3, -0.25) is 0 Å². The van der Waals surface area contributed by atoms with E-state index in [0.29, 0.717) is 0 Å². The number of carbonyl (C=O) groups is 1. The Labute approximate surface area is 87.1 Å². The third-order valence-electron chi connectivity index (χ3n) is 1.60. The van der Waals surface area contributed by atoms with Crippen molar-refractivity contribution in [1.82, 2.24) is 9.78 Å². The van der Waals surface area contributed by atoms with Gasteiger partial charge < -0.3 is 5.11 Å². The van der Waals surface area contributed by atoms with Crippen LogP contribution in [0.4, 0.5) is 0 Å². The van der Waals surface area contributed by atoms with E-state index in [9.17, 15) is 4.79 Å². The molecule has 5 heteroatoms.